The number of anilines is 2. The van der Waals surface area contributed by atoms with E-state index < -0.39 is 0 Å². The molecule has 0 radical (unpaired) electrons. The van der Waals surface area contributed by atoms with Gasteiger partial charge in [-0.1, -0.05) is 6.07 Å². The Morgan fingerprint density at radius 1 is 1.50 bits per heavy atom. The number of rotatable bonds is 2. The third-order valence-corrected chi connectivity index (χ3v) is 2.16. The number of nitrogens with zero attached hydrogens (tertiary/aromatic N) is 1. The van der Waals surface area contributed by atoms with Gasteiger partial charge < -0.3 is 15.8 Å². The quantitative estimate of drug-likeness (QED) is 0.549. The molecule has 0 aliphatic carbocycles. The summed E-state index contributed by atoms with van der Waals surface area (Å²) in [6.07, 6.45) is 0. The van der Waals surface area contributed by atoms with Crippen LogP contribution in [0.3, 0.4) is 0 Å². The van der Waals surface area contributed by atoms with Crippen LogP contribution in [0.5, 0.6) is 0 Å². The Bertz CT molecular complexity index is 379. The SMILES string of the molecule is [C-]#[N+]c1ccc(N)c(NC2COC2)c1. The van der Waals surface area contributed by atoms with E-state index in [-0.39, 0.29) is 0 Å². The monoisotopic (exact) mass is 189 g/mol. The van der Waals surface area contributed by atoms with E-state index in [2.05, 4.69) is 10.2 Å². The van der Waals surface area contributed by atoms with Gasteiger partial charge in [-0.3, -0.25) is 0 Å². The molecule has 0 aromatic heterocycles. The van der Waals surface area contributed by atoms with Gasteiger partial charge in [0.25, 0.3) is 0 Å². The van der Waals surface area contributed by atoms with Crippen molar-refractivity contribution in [2.45, 2.75) is 6.04 Å². The van der Waals surface area contributed by atoms with Crippen LogP contribution < -0.4 is 11.1 Å². The molecule has 4 nitrogen and oxygen atoms in total. The molecule has 0 atom stereocenters. The molecular weight excluding hydrogens is 178 g/mol. The summed E-state index contributed by atoms with van der Waals surface area (Å²) in [5, 5.41) is 3.23. The van der Waals surface area contributed by atoms with Crippen LogP contribution in [-0.2, 0) is 4.74 Å². The normalized spacial score (nSPS) is 15.6. The van der Waals surface area contributed by atoms with E-state index in [4.69, 9.17) is 17.0 Å². The van der Waals surface area contributed by atoms with Crippen LogP contribution >= 0.6 is 0 Å². The lowest BCUT2D eigenvalue weighted by Crippen LogP contribution is -2.40. The summed E-state index contributed by atoms with van der Waals surface area (Å²) in [6, 6.07) is 5.55. The third kappa shape index (κ3) is 1.63. The maximum absolute atomic E-state index is 6.88. The van der Waals surface area contributed by atoms with Crippen LogP contribution in [-0.4, -0.2) is 19.3 Å². The van der Waals surface area contributed by atoms with Gasteiger partial charge >= 0.3 is 0 Å². The van der Waals surface area contributed by atoms with Crippen molar-refractivity contribution in [2.75, 3.05) is 24.3 Å². The van der Waals surface area contributed by atoms with Gasteiger partial charge in [-0.15, -0.1) is 0 Å². The Labute approximate surface area is 82.5 Å². The Hall–Kier alpha value is -1.73. The lowest BCUT2D eigenvalue weighted by Gasteiger charge is -2.28. The maximum atomic E-state index is 6.88. The molecule has 1 aliphatic rings. The van der Waals surface area contributed by atoms with Crippen molar-refractivity contribution in [3.8, 4) is 0 Å². The van der Waals surface area contributed by atoms with Crippen LogP contribution in [0.25, 0.3) is 4.85 Å². The summed E-state index contributed by atoms with van der Waals surface area (Å²) in [6.45, 7) is 8.30. The van der Waals surface area contributed by atoms with E-state index in [1.807, 2.05) is 0 Å². The van der Waals surface area contributed by atoms with Crippen molar-refractivity contribution in [3.05, 3.63) is 29.6 Å². The predicted molar refractivity (Wildman–Crippen MR) is 55.3 cm³/mol. The molecule has 0 spiro atoms. The molecule has 14 heavy (non-hydrogen) atoms. The summed E-state index contributed by atoms with van der Waals surface area (Å²) < 4.78 is 5.04. The standard InChI is InChI=1S/C10H11N3O/c1-12-7-2-3-9(11)10(4-7)13-8-5-14-6-8/h2-4,8,13H,5-6,11H2. The molecule has 1 fully saturated rings. The molecule has 3 N–H and O–H groups in total. The van der Waals surface area contributed by atoms with Crippen LogP contribution in [0, 0.1) is 6.57 Å². The largest absolute Gasteiger partial charge is 0.397 e. The Kier molecular flexibility index (Phi) is 2.25. The van der Waals surface area contributed by atoms with Crippen molar-refractivity contribution in [1.82, 2.24) is 0 Å². The highest BCUT2D eigenvalue weighted by Gasteiger charge is 2.18. The molecule has 1 heterocycles. The molecule has 2 rings (SSSR count). The van der Waals surface area contributed by atoms with Gasteiger partial charge in [-0.25, -0.2) is 4.85 Å². The summed E-state index contributed by atoms with van der Waals surface area (Å²) >= 11 is 0. The van der Waals surface area contributed by atoms with Crippen LogP contribution in [0.2, 0.25) is 0 Å². The molecule has 1 aromatic carbocycles. The predicted octanol–water partition coefficient (Wildman–Crippen LogP) is 1.63. The molecule has 0 amide bonds. The van der Waals surface area contributed by atoms with Gasteiger partial charge in [-0.05, 0) is 12.1 Å². The minimum Gasteiger partial charge on any atom is -0.397 e. The highest BCUT2D eigenvalue weighted by molar-refractivity contribution is 5.72. The van der Waals surface area contributed by atoms with Crippen molar-refractivity contribution in [1.29, 1.82) is 0 Å². The van der Waals surface area contributed by atoms with Gasteiger partial charge in [0, 0.05) is 5.69 Å². The Morgan fingerprint density at radius 3 is 2.86 bits per heavy atom. The average Bonchev–Trinajstić information content (AvgIpc) is 2.14. The number of hydrogen-bond donors (Lipinski definition) is 2. The van der Waals surface area contributed by atoms with Crippen LogP contribution in [0.15, 0.2) is 18.2 Å². The molecule has 1 aliphatic heterocycles. The van der Waals surface area contributed by atoms with E-state index in [1.165, 1.54) is 0 Å². The zero-order chi connectivity index (χ0) is 9.97. The fourth-order valence-corrected chi connectivity index (χ4v) is 1.28. The molecule has 72 valence electrons. The molecule has 1 saturated heterocycles. The number of hydrogen-bond acceptors (Lipinski definition) is 3. The zero-order valence-electron chi connectivity index (χ0n) is 7.66. The Balaban J connectivity index is 2.18. The van der Waals surface area contributed by atoms with Gasteiger partial charge in [0.05, 0.1) is 31.5 Å². The first-order valence-electron chi connectivity index (χ1n) is 4.41. The van der Waals surface area contributed by atoms with Crippen LogP contribution in [0.1, 0.15) is 0 Å². The van der Waals surface area contributed by atoms with E-state index >= 15 is 0 Å². The first kappa shape index (κ1) is 8.85. The molecule has 0 saturated carbocycles. The summed E-state index contributed by atoms with van der Waals surface area (Å²) in [5.41, 5.74) is 7.86. The number of nitrogen functional groups attached to an aromatic ring is 1. The van der Waals surface area contributed by atoms with Crippen molar-refractivity contribution in [2.24, 2.45) is 0 Å². The average molecular weight is 189 g/mol. The molecule has 4 heteroatoms. The van der Waals surface area contributed by atoms with E-state index in [0.717, 1.165) is 5.69 Å². The van der Waals surface area contributed by atoms with Gasteiger partial charge in [0.2, 0.25) is 0 Å². The second-order valence-electron chi connectivity index (χ2n) is 3.26. The topological polar surface area (TPSA) is 51.6 Å². The zero-order valence-corrected chi connectivity index (χ0v) is 7.66. The molecule has 0 bridgehead atoms. The van der Waals surface area contributed by atoms with Gasteiger partial charge in [0.1, 0.15) is 0 Å². The lowest BCUT2D eigenvalue weighted by molar-refractivity contribution is 0.0211. The molecule has 0 unspecified atom stereocenters. The maximum Gasteiger partial charge on any atom is 0.189 e. The first-order chi connectivity index (χ1) is 6.79. The highest BCUT2D eigenvalue weighted by Crippen LogP contribution is 2.26. The molecule has 1 aromatic rings. The van der Waals surface area contributed by atoms with E-state index in [0.29, 0.717) is 30.6 Å². The van der Waals surface area contributed by atoms with Gasteiger partial charge in [-0.2, -0.15) is 0 Å². The number of benzene rings is 1. The van der Waals surface area contributed by atoms with Crippen molar-refractivity contribution >= 4 is 17.1 Å². The Morgan fingerprint density at radius 2 is 2.29 bits per heavy atom. The number of nitrogens with two attached hydrogens (primary N) is 1. The van der Waals surface area contributed by atoms with Crippen molar-refractivity contribution < 1.29 is 4.74 Å². The van der Waals surface area contributed by atoms with Gasteiger partial charge in [0.15, 0.2) is 5.69 Å². The van der Waals surface area contributed by atoms with Crippen LogP contribution in [0.4, 0.5) is 17.1 Å². The summed E-state index contributed by atoms with van der Waals surface area (Å²) in [7, 11) is 0. The fraction of sp³-hybridized carbons (Fsp3) is 0.300. The fourth-order valence-electron chi connectivity index (χ4n) is 1.28. The minimum atomic E-state index is 0.332. The van der Waals surface area contributed by atoms with E-state index in [1.54, 1.807) is 18.2 Å². The van der Waals surface area contributed by atoms with E-state index in [9.17, 15) is 0 Å². The second-order valence-corrected chi connectivity index (χ2v) is 3.26. The number of ether oxygens (including phenoxy) is 1. The smallest absolute Gasteiger partial charge is 0.189 e. The minimum absolute atomic E-state index is 0.332. The third-order valence-electron chi connectivity index (χ3n) is 2.16. The summed E-state index contributed by atoms with van der Waals surface area (Å²) in [4.78, 5) is 3.35. The number of nitrogens with one attached hydrogen (secondary N) is 1. The summed E-state index contributed by atoms with van der Waals surface area (Å²) in [5.74, 6) is 0. The van der Waals surface area contributed by atoms with Crippen molar-refractivity contribution in [3.63, 3.8) is 0 Å². The second kappa shape index (κ2) is 3.56. The molecular formula is C10H11N3O. The lowest BCUT2D eigenvalue weighted by atomic mass is 10.2. The highest BCUT2D eigenvalue weighted by atomic mass is 16.5. The first-order valence-corrected chi connectivity index (χ1v) is 4.41.